The second-order valence-electron chi connectivity index (χ2n) is 8.18. The number of rotatable bonds is 3. The molecule has 140 valence electrons. The van der Waals surface area contributed by atoms with E-state index in [-0.39, 0.29) is 17.6 Å². The summed E-state index contributed by atoms with van der Waals surface area (Å²) in [5.74, 6) is 1.56. The third-order valence-electron chi connectivity index (χ3n) is 6.96. The van der Waals surface area contributed by atoms with E-state index in [0.29, 0.717) is 23.2 Å². The number of hydrogen-bond acceptors (Lipinski definition) is 3. The van der Waals surface area contributed by atoms with E-state index in [1.165, 1.54) is 11.3 Å². The Balaban J connectivity index is 1.64. The van der Waals surface area contributed by atoms with Crippen molar-refractivity contribution in [1.82, 2.24) is 0 Å². The molecule has 4 aliphatic carbocycles. The van der Waals surface area contributed by atoms with Crippen LogP contribution >= 0.6 is 22.9 Å². The molecular weight excluding hydrogens is 376 g/mol. The Bertz CT molecular complexity index is 949. The normalized spacial score (nSPS) is 29.5. The predicted molar refractivity (Wildman–Crippen MR) is 111 cm³/mol. The van der Waals surface area contributed by atoms with Crippen molar-refractivity contribution in [1.29, 1.82) is 0 Å². The molecule has 1 aromatic carbocycles. The highest BCUT2D eigenvalue weighted by atomic mass is 35.5. The molecule has 1 heterocycles. The Morgan fingerprint density at radius 2 is 1.78 bits per heavy atom. The molecule has 0 spiro atoms. The van der Waals surface area contributed by atoms with Crippen molar-refractivity contribution in [3.05, 3.63) is 51.6 Å². The lowest BCUT2D eigenvalue weighted by atomic mass is 9.59. The Kier molecular flexibility index (Phi) is 4.21. The highest BCUT2D eigenvalue weighted by Crippen LogP contribution is 2.57. The zero-order chi connectivity index (χ0) is 18.7. The van der Waals surface area contributed by atoms with Crippen LogP contribution in [0.2, 0.25) is 4.34 Å². The van der Waals surface area contributed by atoms with Crippen LogP contribution in [0.3, 0.4) is 0 Å². The van der Waals surface area contributed by atoms with E-state index in [0.717, 1.165) is 58.0 Å². The molecule has 1 aromatic heterocycles. The Morgan fingerprint density at radius 3 is 2.37 bits per heavy atom. The molecule has 4 heteroatoms. The first-order chi connectivity index (χ1) is 13.1. The van der Waals surface area contributed by atoms with Gasteiger partial charge in [-0.2, -0.15) is 0 Å². The lowest BCUT2D eigenvalue weighted by Gasteiger charge is -2.44. The minimum Gasteiger partial charge on any atom is -0.511 e. The van der Waals surface area contributed by atoms with E-state index in [1.54, 1.807) is 0 Å². The number of benzene rings is 1. The summed E-state index contributed by atoms with van der Waals surface area (Å²) in [6, 6.07) is 10.2. The van der Waals surface area contributed by atoms with Gasteiger partial charge in [0.25, 0.3) is 0 Å². The maximum Gasteiger partial charge on any atom is 0.170 e. The number of fused-ring (bicyclic) bond motifs is 2. The number of thiophene rings is 1. The van der Waals surface area contributed by atoms with Gasteiger partial charge in [-0.05, 0) is 78.8 Å². The number of hydrogen-bond donors (Lipinski definition) is 1. The van der Waals surface area contributed by atoms with E-state index < -0.39 is 0 Å². The fourth-order valence-electron chi connectivity index (χ4n) is 5.69. The molecule has 0 aliphatic heterocycles. The molecule has 2 atom stereocenters. The van der Waals surface area contributed by atoms with Crippen LogP contribution in [-0.2, 0) is 11.2 Å². The number of aliphatic hydroxyl groups is 1. The van der Waals surface area contributed by atoms with Gasteiger partial charge in [-0.3, -0.25) is 4.79 Å². The van der Waals surface area contributed by atoms with Crippen LogP contribution in [-0.4, -0.2) is 10.9 Å². The third-order valence-corrected chi connectivity index (χ3v) is 8.24. The summed E-state index contributed by atoms with van der Waals surface area (Å²) >= 11 is 7.66. The van der Waals surface area contributed by atoms with Gasteiger partial charge in [0.1, 0.15) is 5.76 Å². The van der Waals surface area contributed by atoms with Crippen LogP contribution in [0.1, 0.15) is 43.7 Å². The van der Waals surface area contributed by atoms with Crippen LogP contribution in [0.25, 0.3) is 16.0 Å². The number of carbonyl (C=O) groups is 1. The summed E-state index contributed by atoms with van der Waals surface area (Å²) < 4.78 is 0.757. The van der Waals surface area contributed by atoms with Crippen LogP contribution in [0.4, 0.5) is 0 Å². The molecule has 3 fully saturated rings. The number of allylic oxidation sites excluding steroid dienone is 2. The van der Waals surface area contributed by atoms with Crippen molar-refractivity contribution in [3.63, 3.8) is 0 Å². The monoisotopic (exact) mass is 398 g/mol. The largest absolute Gasteiger partial charge is 0.511 e. The minimum atomic E-state index is 0.0112. The van der Waals surface area contributed by atoms with E-state index >= 15 is 0 Å². The van der Waals surface area contributed by atoms with Crippen LogP contribution in [0, 0.1) is 23.7 Å². The Hall–Kier alpha value is -1.58. The Morgan fingerprint density at radius 1 is 1.07 bits per heavy atom. The highest BCUT2D eigenvalue weighted by molar-refractivity contribution is 7.19. The highest BCUT2D eigenvalue weighted by Gasteiger charge is 2.54. The van der Waals surface area contributed by atoms with Crippen LogP contribution in [0.15, 0.2) is 36.1 Å². The zero-order valence-electron chi connectivity index (χ0n) is 15.4. The van der Waals surface area contributed by atoms with Crippen molar-refractivity contribution in [2.24, 2.45) is 23.7 Å². The van der Waals surface area contributed by atoms with Crippen molar-refractivity contribution in [2.75, 3.05) is 0 Å². The number of ketones is 1. The van der Waals surface area contributed by atoms with Crippen molar-refractivity contribution >= 4 is 34.3 Å². The Labute approximate surface area is 168 Å². The second kappa shape index (κ2) is 6.49. The van der Waals surface area contributed by atoms with E-state index in [2.05, 4.69) is 25.1 Å². The molecule has 0 unspecified atom stereocenters. The van der Waals surface area contributed by atoms with Gasteiger partial charge in [-0.1, -0.05) is 30.7 Å². The summed E-state index contributed by atoms with van der Waals surface area (Å²) in [4.78, 5) is 14.5. The molecule has 2 bridgehead atoms. The molecule has 2 nitrogen and oxygen atoms in total. The molecule has 1 N–H and O–H groups in total. The maximum absolute atomic E-state index is 13.4. The summed E-state index contributed by atoms with van der Waals surface area (Å²) in [6.07, 6.45) is 5.45. The smallest absolute Gasteiger partial charge is 0.170 e. The fraction of sp³-hybridized carbons (Fsp3) is 0.435. The quantitative estimate of drug-likeness (QED) is 0.637. The van der Waals surface area contributed by atoms with Crippen LogP contribution in [0.5, 0.6) is 0 Å². The standard InChI is InChI=1S/C23H23ClO2S/c1-2-12-3-8-15(17-9-10-18(24)27-17)11-16(12)21-22(25)19-13-4-5-14(7-6-13)20(19)23(21)26/h3,8-11,13-14,19-20,25H,2,4-7H2,1H3/t13?,14?,19-,20+/m0/s1. The first-order valence-electron chi connectivity index (χ1n) is 9.94. The van der Waals surface area contributed by atoms with Crippen molar-refractivity contribution < 1.29 is 9.90 Å². The average molecular weight is 399 g/mol. The van der Waals surface area contributed by atoms with Gasteiger partial charge < -0.3 is 5.11 Å². The number of carbonyl (C=O) groups excluding carboxylic acids is 1. The topological polar surface area (TPSA) is 37.3 Å². The molecule has 4 aliphatic rings. The van der Waals surface area contributed by atoms with E-state index in [9.17, 15) is 9.90 Å². The molecule has 0 radical (unpaired) electrons. The lowest BCUT2D eigenvalue weighted by molar-refractivity contribution is -0.123. The van der Waals surface area contributed by atoms with E-state index in [1.807, 2.05) is 12.1 Å². The SMILES string of the molecule is CCc1ccc(-c2ccc(Cl)s2)cc1C1=C(O)[C@H]2C3CCC(CC3)[C@H]2C1=O. The summed E-state index contributed by atoms with van der Waals surface area (Å²) in [5.41, 5.74) is 3.72. The third kappa shape index (κ3) is 2.62. The van der Waals surface area contributed by atoms with Crippen LogP contribution < -0.4 is 0 Å². The molecule has 0 saturated heterocycles. The second-order valence-corrected chi connectivity index (χ2v) is 9.90. The van der Waals surface area contributed by atoms with Gasteiger partial charge in [0.05, 0.1) is 9.91 Å². The fourth-order valence-corrected chi connectivity index (χ4v) is 6.73. The summed E-state index contributed by atoms with van der Waals surface area (Å²) in [7, 11) is 0. The summed E-state index contributed by atoms with van der Waals surface area (Å²) in [6.45, 7) is 2.11. The lowest BCUT2D eigenvalue weighted by Crippen LogP contribution is -2.41. The molecule has 2 aromatic rings. The number of Topliss-reactive ketones (excluding diaryl/α,β-unsaturated/α-hetero) is 1. The van der Waals surface area contributed by atoms with Gasteiger partial charge in [0.2, 0.25) is 0 Å². The average Bonchev–Trinajstić information content (AvgIpc) is 3.25. The van der Waals surface area contributed by atoms with Crippen molar-refractivity contribution in [3.8, 4) is 10.4 Å². The zero-order valence-corrected chi connectivity index (χ0v) is 16.9. The van der Waals surface area contributed by atoms with Gasteiger partial charge in [-0.25, -0.2) is 0 Å². The molecule has 0 amide bonds. The van der Waals surface area contributed by atoms with Crippen molar-refractivity contribution in [2.45, 2.75) is 39.0 Å². The molecule has 3 saturated carbocycles. The summed E-state index contributed by atoms with van der Waals surface area (Å²) in [5, 5.41) is 11.2. The van der Waals surface area contributed by atoms with E-state index in [4.69, 9.17) is 11.6 Å². The predicted octanol–water partition coefficient (Wildman–Crippen LogP) is 6.54. The number of aliphatic hydroxyl groups excluding tert-OH is 1. The number of halogens is 1. The first-order valence-corrected chi connectivity index (χ1v) is 11.1. The van der Waals surface area contributed by atoms with Gasteiger partial charge >= 0.3 is 0 Å². The molecular formula is C23H23ClO2S. The van der Waals surface area contributed by atoms with Gasteiger partial charge in [-0.15, -0.1) is 11.3 Å². The number of aryl methyl sites for hydroxylation is 1. The minimum absolute atomic E-state index is 0.0112. The maximum atomic E-state index is 13.4. The first kappa shape index (κ1) is 17.5. The molecule has 27 heavy (non-hydrogen) atoms. The van der Waals surface area contributed by atoms with Gasteiger partial charge in [0, 0.05) is 16.7 Å². The molecule has 6 rings (SSSR count). The van der Waals surface area contributed by atoms with Gasteiger partial charge in [0.15, 0.2) is 5.78 Å².